The average Bonchev–Trinajstić information content (AvgIpc) is 2.75. The Hall–Kier alpha value is -1.97. The number of fused-ring (bicyclic) bond motifs is 1. The van der Waals surface area contributed by atoms with Gasteiger partial charge in [-0.3, -0.25) is 4.79 Å². The van der Waals surface area contributed by atoms with E-state index in [1.807, 2.05) is 25.1 Å². The van der Waals surface area contributed by atoms with Gasteiger partial charge in [0, 0.05) is 29.6 Å². The molecule has 0 fully saturated rings. The maximum Gasteiger partial charge on any atom is 0.304 e. The maximum absolute atomic E-state index is 10.9. The topological polar surface area (TPSA) is 51.5 Å². The molecule has 2 rings (SSSR count). The Morgan fingerprint density at radius 2 is 2.16 bits per heavy atom. The Morgan fingerprint density at radius 3 is 2.74 bits per heavy atom. The van der Waals surface area contributed by atoms with Crippen molar-refractivity contribution in [3.05, 3.63) is 30.0 Å². The van der Waals surface area contributed by atoms with Crippen molar-refractivity contribution in [1.82, 2.24) is 4.57 Å². The number of nitrogens with zero attached hydrogens (tertiary/aromatic N) is 1. The first-order chi connectivity index (χ1) is 9.06. The predicted octanol–water partition coefficient (Wildman–Crippen LogP) is 3.25. The third-order valence-electron chi connectivity index (χ3n) is 3.45. The van der Waals surface area contributed by atoms with Crippen LogP contribution in [0.3, 0.4) is 0 Å². The molecular weight excluding hydrogens is 242 g/mol. The molecule has 0 amide bonds. The number of hydrogen-bond acceptors (Lipinski definition) is 2. The van der Waals surface area contributed by atoms with Crippen molar-refractivity contribution >= 4 is 16.9 Å². The van der Waals surface area contributed by atoms with E-state index in [0.29, 0.717) is 0 Å². The van der Waals surface area contributed by atoms with E-state index in [1.165, 1.54) is 0 Å². The van der Waals surface area contributed by atoms with Crippen LogP contribution >= 0.6 is 0 Å². The van der Waals surface area contributed by atoms with Crippen LogP contribution in [0.2, 0.25) is 0 Å². The molecule has 4 nitrogen and oxygen atoms in total. The van der Waals surface area contributed by atoms with Gasteiger partial charge in [0.1, 0.15) is 5.75 Å². The maximum atomic E-state index is 10.9. The van der Waals surface area contributed by atoms with Crippen molar-refractivity contribution in [1.29, 1.82) is 0 Å². The van der Waals surface area contributed by atoms with Gasteiger partial charge in [0.05, 0.1) is 19.0 Å². The highest BCUT2D eigenvalue weighted by Gasteiger charge is 2.16. The van der Waals surface area contributed by atoms with Crippen molar-refractivity contribution in [2.24, 2.45) is 0 Å². The lowest BCUT2D eigenvalue weighted by molar-refractivity contribution is -0.137. The Bertz CT molecular complexity index is 601. The summed E-state index contributed by atoms with van der Waals surface area (Å²) in [5.41, 5.74) is 2.15. The second-order valence-corrected chi connectivity index (χ2v) is 4.74. The third kappa shape index (κ3) is 2.57. The van der Waals surface area contributed by atoms with Crippen molar-refractivity contribution < 1.29 is 14.6 Å². The van der Waals surface area contributed by atoms with Gasteiger partial charge in [-0.05, 0) is 25.1 Å². The molecule has 1 aromatic carbocycles. The van der Waals surface area contributed by atoms with Crippen molar-refractivity contribution in [2.75, 3.05) is 7.11 Å². The average molecular weight is 261 g/mol. The van der Waals surface area contributed by atoms with Gasteiger partial charge in [0.25, 0.3) is 0 Å². The van der Waals surface area contributed by atoms with Gasteiger partial charge >= 0.3 is 5.97 Å². The van der Waals surface area contributed by atoms with Crippen molar-refractivity contribution in [2.45, 2.75) is 32.7 Å². The lowest BCUT2D eigenvalue weighted by atomic mass is 10.0. The number of benzene rings is 1. The minimum absolute atomic E-state index is 0.00385. The first-order valence-corrected chi connectivity index (χ1v) is 6.45. The van der Waals surface area contributed by atoms with Gasteiger partial charge in [-0.2, -0.15) is 0 Å². The number of methoxy groups -OCH3 is 1. The number of rotatable bonds is 5. The lowest BCUT2D eigenvalue weighted by Gasteiger charge is -2.13. The molecule has 1 unspecified atom stereocenters. The molecule has 0 aliphatic heterocycles. The molecule has 0 bridgehead atoms. The fourth-order valence-corrected chi connectivity index (χ4v) is 2.51. The number of aliphatic carboxylic acids is 1. The molecule has 0 radical (unpaired) electrons. The van der Waals surface area contributed by atoms with Gasteiger partial charge in [0.15, 0.2) is 0 Å². The third-order valence-corrected chi connectivity index (χ3v) is 3.45. The molecule has 0 saturated carbocycles. The molecule has 0 aliphatic rings. The summed E-state index contributed by atoms with van der Waals surface area (Å²) in [6.45, 7) is 4.83. The minimum atomic E-state index is -0.766. The normalized spacial score (nSPS) is 12.6. The van der Waals surface area contributed by atoms with Gasteiger partial charge in [-0.15, -0.1) is 0 Å². The first-order valence-electron chi connectivity index (χ1n) is 6.45. The van der Waals surface area contributed by atoms with Crippen LogP contribution in [0.5, 0.6) is 5.75 Å². The van der Waals surface area contributed by atoms with Crippen molar-refractivity contribution in [3.63, 3.8) is 0 Å². The van der Waals surface area contributed by atoms with Gasteiger partial charge < -0.3 is 14.4 Å². The molecule has 0 saturated heterocycles. The van der Waals surface area contributed by atoms with Gasteiger partial charge in [-0.25, -0.2) is 0 Å². The molecule has 19 heavy (non-hydrogen) atoms. The molecule has 0 spiro atoms. The van der Waals surface area contributed by atoms with Crippen LogP contribution in [0.25, 0.3) is 10.9 Å². The molecule has 1 heterocycles. The minimum Gasteiger partial charge on any atom is -0.497 e. The summed E-state index contributed by atoms with van der Waals surface area (Å²) >= 11 is 0. The molecule has 102 valence electrons. The summed E-state index contributed by atoms with van der Waals surface area (Å²) in [5.74, 6) is 0.0478. The summed E-state index contributed by atoms with van der Waals surface area (Å²) in [4.78, 5) is 10.9. The predicted molar refractivity (Wildman–Crippen MR) is 74.8 cm³/mol. The summed E-state index contributed by atoms with van der Waals surface area (Å²) in [6.07, 6.45) is 0.146. The quantitative estimate of drug-likeness (QED) is 0.898. The molecule has 2 aromatic rings. The summed E-state index contributed by atoms with van der Waals surface area (Å²) in [7, 11) is 1.65. The highest BCUT2D eigenvalue weighted by molar-refractivity contribution is 5.83. The Labute approximate surface area is 112 Å². The summed E-state index contributed by atoms with van der Waals surface area (Å²) in [5, 5.41) is 10.1. The molecule has 1 atom stereocenters. The SMILES string of the molecule is CCn1c(C(C)CC(=O)O)cc2ccc(OC)cc21. The highest BCUT2D eigenvalue weighted by atomic mass is 16.5. The van der Waals surface area contributed by atoms with Crippen LogP contribution in [0.1, 0.15) is 31.9 Å². The van der Waals surface area contributed by atoms with Crippen LogP contribution in [0.4, 0.5) is 0 Å². The van der Waals surface area contributed by atoms with Crippen molar-refractivity contribution in [3.8, 4) is 5.75 Å². The smallest absolute Gasteiger partial charge is 0.304 e. The number of aromatic nitrogens is 1. The zero-order chi connectivity index (χ0) is 14.0. The number of hydrogen-bond donors (Lipinski definition) is 1. The van der Waals surface area contributed by atoms with E-state index in [9.17, 15) is 4.79 Å². The second kappa shape index (κ2) is 5.34. The van der Waals surface area contributed by atoms with Crippen LogP contribution in [-0.4, -0.2) is 22.8 Å². The second-order valence-electron chi connectivity index (χ2n) is 4.74. The van der Waals surface area contributed by atoms with Crippen LogP contribution in [0, 0.1) is 0 Å². The van der Waals surface area contributed by atoms with E-state index in [2.05, 4.69) is 17.6 Å². The van der Waals surface area contributed by atoms with E-state index in [4.69, 9.17) is 9.84 Å². The fraction of sp³-hybridized carbons (Fsp3) is 0.400. The van der Waals surface area contributed by atoms with E-state index in [0.717, 1.165) is 28.9 Å². The van der Waals surface area contributed by atoms with E-state index >= 15 is 0 Å². The lowest BCUT2D eigenvalue weighted by Crippen LogP contribution is -2.08. The van der Waals surface area contributed by atoms with Crippen LogP contribution in [0.15, 0.2) is 24.3 Å². The summed E-state index contributed by atoms with van der Waals surface area (Å²) in [6, 6.07) is 8.01. The number of aryl methyl sites for hydroxylation is 1. The zero-order valence-corrected chi connectivity index (χ0v) is 11.5. The molecular formula is C15H19NO3. The largest absolute Gasteiger partial charge is 0.497 e. The number of carboxylic acid groups (broad SMARTS) is 1. The highest BCUT2D eigenvalue weighted by Crippen LogP contribution is 2.29. The van der Waals surface area contributed by atoms with E-state index in [1.54, 1.807) is 7.11 Å². The molecule has 1 aromatic heterocycles. The van der Waals surface area contributed by atoms with E-state index in [-0.39, 0.29) is 12.3 Å². The fourth-order valence-electron chi connectivity index (χ4n) is 2.51. The standard InChI is InChI=1S/C15H19NO3/c1-4-16-13(10(2)7-15(17)18)8-11-5-6-12(19-3)9-14(11)16/h5-6,8-10H,4,7H2,1-3H3,(H,17,18). The Kier molecular flexibility index (Phi) is 3.79. The summed E-state index contributed by atoms with van der Waals surface area (Å²) < 4.78 is 7.41. The van der Waals surface area contributed by atoms with Crippen LogP contribution < -0.4 is 4.74 Å². The number of ether oxygens (including phenoxy) is 1. The zero-order valence-electron chi connectivity index (χ0n) is 11.5. The number of carboxylic acids is 1. The first kappa shape index (κ1) is 13.5. The Balaban J connectivity index is 2.52. The van der Waals surface area contributed by atoms with Crippen LogP contribution in [-0.2, 0) is 11.3 Å². The Morgan fingerprint density at radius 1 is 1.42 bits per heavy atom. The molecule has 0 aliphatic carbocycles. The molecule has 4 heteroatoms. The van der Waals surface area contributed by atoms with Gasteiger partial charge in [-0.1, -0.05) is 6.92 Å². The van der Waals surface area contributed by atoms with Gasteiger partial charge in [0.2, 0.25) is 0 Å². The van der Waals surface area contributed by atoms with E-state index < -0.39 is 5.97 Å². The molecule has 1 N–H and O–H groups in total. The monoisotopic (exact) mass is 261 g/mol. The number of carbonyl (C=O) groups is 1.